The first-order chi connectivity index (χ1) is 10.3. The van der Waals surface area contributed by atoms with Crippen molar-refractivity contribution >= 4 is 34.6 Å². The molecule has 2 rings (SSSR count). The SMILES string of the molecule is CC1(C)SCN(S(=O)c2cccnc2)[C@@H]1C(=O)NCC(=O)O. The van der Waals surface area contributed by atoms with Crippen molar-refractivity contribution in [3.8, 4) is 0 Å². The molecule has 22 heavy (non-hydrogen) atoms. The Labute approximate surface area is 135 Å². The zero-order valence-corrected chi connectivity index (χ0v) is 13.8. The van der Waals surface area contributed by atoms with Crippen LogP contribution in [-0.4, -0.2) is 53.7 Å². The maximum atomic E-state index is 12.7. The van der Waals surface area contributed by atoms with Gasteiger partial charge in [0.1, 0.15) is 23.6 Å². The average molecular weight is 343 g/mol. The highest BCUT2D eigenvalue weighted by molar-refractivity contribution is 8.01. The maximum Gasteiger partial charge on any atom is 0.322 e. The molecule has 1 saturated heterocycles. The molecule has 2 N–H and O–H groups in total. The third-order valence-corrected chi connectivity index (χ3v) is 6.17. The predicted octanol–water partition coefficient (Wildman–Crippen LogP) is 0.459. The van der Waals surface area contributed by atoms with Crippen molar-refractivity contribution in [1.82, 2.24) is 14.6 Å². The number of hydrogen-bond acceptors (Lipinski definition) is 5. The van der Waals surface area contributed by atoms with Gasteiger partial charge < -0.3 is 10.4 Å². The fourth-order valence-electron chi connectivity index (χ4n) is 2.17. The van der Waals surface area contributed by atoms with Crippen molar-refractivity contribution in [1.29, 1.82) is 0 Å². The van der Waals surface area contributed by atoms with Crippen molar-refractivity contribution in [3.63, 3.8) is 0 Å². The maximum absolute atomic E-state index is 12.7. The largest absolute Gasteiger partial charge is 0.480 e. The summed E-state index contributed by atoms with van der Waals surface area (Å²) in [6, 6.07) is 2.68. The lowest BCUT2D eigenvalue weighted by molar-refractivity contribution is -0.138. The summed E-state index contributed by atoms with van der Waals surface area (Å²) in [5.41, 5.74) is 0. The Morgan fingerprint density at radius 2 is 2.32 bits per heavy atom. The van der Waals surface area contributed by atoms with Gasteiger partial charge in [0.15, 0.2) is 0 Å². The van der Waals surface area contributed by atoms with Crippen molar-refractivity contribution in [2.24, 2.45) is 0 Å². The minimum atomic E-state index is -1.53. The normalized spacial score (nSPS) is 22.2. The van der Waals surface area contributed by atoms with Crippen LogP contribution in [0.3, 0.4) is 0 Å². The summed E-state index contributed by atoms with van der Waals surface area (Å²) in [5, 5.41) is 11.1. The zero-order chi connectivity index (χ0) is 16.3. The van der Waals surface area contributed by atoms with Gasteiger partial charge >= 0.3 is 5.97 Å². The lowest BCUT2D eigenvalue weighted by atomic mass is 10.0. The van der Waals surface area contributed by atoms with Gasteiger partial charge in [-0.25, -0.2) is 4.21 Å². The molecule has 2 heterocycles. The molecule has 2 atom stereocenters. The first kappa shape index (κ1) is 16.9. The van der Waals surface area contributed by atoms with Gasteiger partial charge in [0.25, 0.3) is 0 Å². The van der Waals surface area contributed by atoms with Crippen molar-refractivity contribution < 1.29 is 18.9 Å². The second kappa shape index (κ2) is 6.76. The highest BCUT2D eigenvalue weighted by Crippen LogP contribution is 2.41. The van der Waals surface area contributed by atoms with Gasteiger partial charge in [-0.3, -0.25) is 14.6 Å². The number of thioether (sulfide) groups is 1. The monoisotopic (exact) mass is 343 g/mol. The molecule has 9 heteroatoms. The lowest BCUT2D eigenvalue weighted by Crippen LogP contribution is -2.52. The van der Waals surface area contributed by atoms with Crippen molar-refractivity contribution in [2.45, 2.75) is 29.5 Å². The topological polar surface area (TPSA) is 99.6 Å². The van der Waals surface area contributed by atoms with Crippen LogP contribution < -0.4 is 5.32 Å². The Morgan fingerprint density at radius 1 is 1.59 bits per heavy atom. The van der Waals surface area contributed by atoms with Crippen LogP contribution in [-0.2, 0) is 20.6 Å². The molecule has 1 aliphatic heterocycles. The molecule has 1 fully saturated rings. The summed E-state index contributed by atoms with van der Waals surface area (Å²) in [4.78, 5) is 27.4. The van der Waals surface area contributed by atoms with E-state index in [9.17, 15) is 13.8 Å². The van der Waals surface area contributed by atoms with Gasteiger partial charge in [0, 0.05) is 17.1 Å². The molecular weight excluding hydrogens is 326 g/mol. The number of pyridine rings is 1. The lowest BCUT2D eigenvalue weighted by Gasteiger charge is -2.29. The summed E-state index contributed by atoms with van der Waals surface area (Å²) in [6.45, 7) is 3.30. The number of amides is 1. The quantitative estimate of drug-likeness (QED) is 0.806. The molecule has 0 aliphatic carbocycles. The van der Waals surface area contributed by atoms with Crippen LogP contribution in [0.4, 0.5) is 0 Å². The van der Waals surface area contributed by atoms with Crippen LogP contribution in [0.1, 0.15) is 13.8 Å². The first-order valence-corrected chi connectivity index (χ1v) is 8.64. The average Bonchev–Trinajstić information content (AvgIpc) is 2.80. The number of hydrogen-bond donors (Lipinski definition) is 2. The summed E-state index contributed by atoms with van der Waals surface area (Å²) in [7, 11) is -1.53. The van der Waals surface area contributed by atoms with E-state index in [-0.39, 0.29) is 0 Å². The van der Waals surface area contributed by atoms with Crippen LogP contribution in [0.2, 0.25) is 0 Å². The molecule has 0 saturated carbocycles. The molecule has 1 aliphatic rings. The zero-order valence-electron chi connectivity index (χ0n) is 12.2. The molecule has 120 valence electrons. The van der Waals surface area contributed by atoms with Gasteiger partial charge in [-0.15, -0.1) is 11.8 Å². The molecule has 1 unspecified atom stereocenters. The molecule has 7 nitrogen and oxygen atoms in total. The number of carbonyl (C=O) groups is 2. The number of aromatic nitrogens is 1. The van der Waals surface area contributed by atoms with Crippen LogP contribution in [0.15, 0.2) is 29.4 Å². The minimum Gasteiger partial charge on any atom is -0.480 e. The summed E-state index contributed by atoms with van der Waals surface area (Å²) in [5.74, 6) is -1.13. The smallest absolute Gasteiger partial charge is 0.322 e. The van der Waals surface area contributed by atoms with Gasteiger partial charge in [-0.2, -0.15) is 4.31 Å². The number of carboxylic acid groups (broad SMARTS) is 1. The van der Waals surface area contributed by atoms with Crippen molar-refractivity contribution in [3.05, 3.63) is 24.5 Å². The Kier molecular flexibility index (Phi) is 5.20. The summed E-state index contributed by atoms with van der Waals surface area (Å²) in [6.07, 6.45) is 3.08. The highest BCUT2D eigenvalue weighted by Gasteiger charge is 2.48. The third kappa shape index (κ3) is 3.65. The molecular formula is C13H17N3O4S2. The highest BCUT2D eigenvalue weighted by atomic mass is 32.2. The molecule has 1 aromatic heterocycles. The van der Waals surface area contributed by atoms with Crippen LogP contribution in [0.25, 0.3) is 0 Å². The Balaban J connectivity index is 2.21. The third-order valence-electron chi connectivity index (χ3n) is 3.22. The van der Waals surface area contributed by atoms with E-state index in [1.54, 1.807) is 22.6 Å². The van der Waals surface area contributed by atoms with E-state index >= 15 is 0 Å². The molecule has 0 spiro atoms. The first-order valence-electron chi connectivity index (χ1n) is 6.55. The van der Waals surface area contributed by atoms with Gasteiger partial charge in [-0.05, 0) is 26.0 Å². The Bertz CT molecular complexity index is 594. The fraction of sp³-hybridized carbons (Fsp3) is 0.462. The molecule has 1 amide bonds. The minimum absolute atomic E-state index is 0.416. The second-order valence-corrected chi connectivity index (χ2v) is 8.28. The number of carboxylic acids is 1. The number of nitrogens with one attached hydrogen (secondary N) is 1. The number of carbonyl (C=O) groups excluding carboxylic acids is 1. The fourth-order valence-corrected chi connectivity index (χ4v) is 4.94. The van der Waals surface area contributed by atoms with E-state index in [1.165, 1.54) is 18.0 Å². The van der Waals surface area contributed by atoms with E-state index in [0.29, 0.717) is 10.8 Å². The van der Waals surface area contributed by atoms with Crippen LogP contribution >= 0.6 is 11.8 Å². The van der Waals surface area contributed by atoms with E-state index in [0.717, 1.165) is 0 Å². The number of nitrogens with zero attached hydrogens (tertiary/aromatic N) is 2. The summed E-state index contributed by atoms with van der Waals surface area (Å²) >= 11 is 1.51. The van der Waals surface area contributed by atoms with Gasteiger partial charge in [-0.1, -0.05) is 0 Å². The molecule has 0 radical (unpaired) electrons. The van der Waals surface area contributed by atoms with E-state index < -0.39 is 40.2 Å². The molecule has 0 bridgehead atoms. The van der Waals surface area contributed by atoms with Crippen LogP contribution in [0.5, 0.6) is 0 Å². The number of rotatable bonds is 5. The van der Waals surface area contributed by atoms with Crippen molar-refractivity contribution in [2.75, 3.05) is 12.4 Å². The van der Waals surface area contributed by atoms with E-state index in [1.807, 2.05) is 13.8 Å². The molecule has 1 aromatic rings. The predicted molar refractivity (Wildman–Crippen MR) is 83.5 cm³/mol. The molecule has 0 aromatic carbocycles. The summed E-state index contributed by atoms with van der Waals surface area (Å²) < 4.78 is 13.8. The Hall–Kier alpha value is -1.45. The van der Waals surface area contributed by atoms with Crippen LogP contribution in [0, 0.1) is 0 Å². The van der Waals surface area contributed by atoms with E-state index in [4.69, 9.17) is 5.11 Å². The number of aliphatic carboxylic acids is 1. The standard InChI is InChI=1S/C13H17N3O4S2/c1-13(2)11(12(19)15-7-10(17)18)16(8-21-13)22(20)9-4-3-5-14-6-9/h3-6,11H,7-8H2,1-2H3,(H,15,19)(H,17,18)/t11-,22?/m1/s1. The van der Waals surface area contributed by atoms with Gasteiger partial charge in [0.2, 0.25) is 5.91 Å². The Morgan fingerprint density at radius 3 is 2.91 bits per heavy atom. The van der Waals surface area contributed by atoms with Gasteiger partial charge in [0.05, 0.1) is 10.8 Å². The second-order valence-electron chi connectivity index (χ2n) is 5.25. The van der Waals surface area contributed by atoms with E-state index in [2.05, 4.69) is 10.3 Å².